The first-order valence-corrected chi connectivity index (χ1v) is 13.8. The molecular formula is C27H36N10O4. The maximum absolute atomic E-state index is 11.1. The Kier molecular flexibility index (Phi) is 10.8. The molecule has 0 spiro atoms. The topological polar surface area (TPSA) is 178 Å². The summed E-state index contributed by atoms with van der Waals surface area (Å²) < 4.78 is 9.93. The molecule has 41 heavy (non-hydrogen) atoms. The number of non-ortho nitro benzene ring substituents is 1. The van der Waals surface area contributed by atoms with Gasteiger partial charge in [-0.3, -0.25) is 10.1 Å². The van der Waals surface area contributed by atoms with Crippen LogP contribution in [-0.2, 0) is 6.54 Å². The van der Waals surface area contributed by atoms with Gasteiger partial charge in [-0.05, 0) is 53.3 Å². The molecule has 14 heteroatoms. The molecule has 0 saturated carbocycles. The number of hydrogen-bond donors (Lipinski definition) is 4. The number of aromatic nitrogens is 5. The Hall–Kier alpha value is -4.75. The highest BCUT2D eigenvalue weighted by atomic mass is 16.6. The summed E-state index contributed by atoms with van der Waals surface area (Å²) in [5.74, 6) is 2.39. The van der Waals surface area contributed by atoms with Gasteiger partial charge in [0.15, 0.2) is 5.52 Å². The SMILES string of the molecule is CCCCNc1nc(NCCCCCCNc2ccc([N+](=O)[O-])c3nonc23)nc(NCc2ccc(OC)cc2)n1. The summed E-state index contributed by atoms with van der Waals surface area (Å²) in [5, 5.41) is 31.8. The minimum absolute atomic E-state index is 0.124. The van der Waals surface area contributed by atoms with E-state index in [1.54, 1.807) is 13.2 Å². The number of unbranched alkanes of at least 4 members (excludes halogenated alkanes) is 4. The van der Waals surface area contributed by atoms with Crippen LogP contribution < -0.4 is 26.0 Å². The van der Waals surface area contributed by atoms with Crippen LogP contribution in [-0.4, -0.2) is 56.9 Å². The van der Waals surface area contributed by atoms with Crippen LogP contribution in [0.2, 0.25) is 0 Å². The molecule has 14 nitrogen and oxygen atoms in total. The second kappa shape index (κ2) is 15.1. The molecule has 4 rings (SSSR count). The van der Waals surface area contributed by atoms with Crippen LogP contribution in [0, 0.1) is 10.1 Å². The van der Waals surface area contributed by atoms with Gasteiger partial charge >= 0.3 is 5.69 Å². The zero-order valence-electron chi connectivity index (χ0n) is 23.4. The third-order valence-corrected chi connectivity index (χ3v) is 6.35. The van der Waals surface area contributed by atoms with Gasteiger partial charge in [0.05, 0.1) is 17.7 Å². The molecule has 2 heterocycles. The van der Waals surface area contributed by atoms with E-state index in [0.29, 0.717) is 42.1 Å². The normalized spacial score (nSPS) is 10.9. The summed E-state index contributed by atoms with van der Waals surface area (Å²) in [6.45, 7) is 4.95. The van der Waals surface area contributed by atoms with Gasteiger partial charge in [0.2, 0.25) is 23.4 Å². The second-order valence-electron chi connectivity index (χ2n) is 9.41. The van der Waals surface area contributed by atoms with Crippen LogP contribution in [0.5, 0.6) is 5.75 Å². The number of methoxy groups -OCH3 is 1. The summed E-state index contributed by atoms with van der Waals surface area (Å²) in [7, 11) is 1.65. The van der Waals surface area contributed by atoms with Crippen LogP contribution in [0.4, 0.5) is 29.2 Å². The number of anilines is 4. The fourth-order valence-electron chi connectivity index (χ4n) is 4.08. The fraction of sp³-hybridized carbons (Fsp3) is 0.444. The zero-order valence-corrected chi connectivity index (χ0v) is 23.4. The Balaban J connectivity index is 1.21. The highest BCUT2D eigenvalue weighted by Crippen LogP contribution is 2.28. The molecule has 0 atom stereocenters. The number of rotatable bonds is 18. The van der Waals surface area contributed by atoms with Gasteiger partial charge in [0.25, 0.3) is 0 Å². The van der Waals surface area contributed by atoms with E-state index in [1.165, 1.54) is 6.07 Å². The van der Waals surface area contributed by atoms with Gasteiger partial charge in [-0.25, -0.2) is 4.63 Å². The number of nitro benzene ring substituents is 1. The first-order valence-electron chi connectivity index (χ1n) is 13.8. The van der Waals surface area contributed by atoms with E-state index in [-0.39, 0.29) is 11.2 Å². The van der Waals surface area contributed by atoms with Crippen LogP contribution in [0.3, 0.4) is 0 Å². The molecular weight excluding hydrogens is 528 g/mol. The molecule has 0 aliphatic rings. The van der Waals surface area contributed by atoms with E-state index in [1.807, 2.05) is 24.3 Å². The Labute approximate surface area is 237 Å². The Morgan fingerprint density at radius 3 is 2.02 bits per heavy atom. The van der Waals surface area contributed by atoms with Crippen LogP contribution in [0.25, 0.3) is 11.0 Å². The van der Waals surface area contributed by atoms with Crippen molar-refractivity contribution in [1.82, 2.24) is 25.3 Å². The molecule has 0 aliphatic heterocycles. The minimum Gasteiger partial charge on any atom is -0.497 e. The van der Waals surface area contributed by atoms with Crippen molar-refractivity contribution in [2.45, 2.75) is 52.0 Å². The lowest BCUT2D eigenvalue weighted by molar-refractivity contribution is -0.383. The summed E-state index contributed by atoms with van der Waals surface area (Å²) in [6.07, 6.45) is 6.02. The molecule has 0 radical (unpaired) electrons. The fourth-order valence-corrected chi connectivity index (χ4v) is 4.08. The molecule has 2 aromatic carbocycles. The highest BCUT2D eigenvalue weighted by Gasteiger charge is 2.19. The van der Waals surface area contributed by atoms with Crippen molar-refractivity contribution in [3.63, 3.8) is 0 Å². The minimum atomic E-state index is -0.495. The molecule has 0 unspecified atom stereocenters. The number of nitrogens with zero attached hydrogens (tertiary/aromatic N) is 6. The molecule has 218 valence electrons. The van der Waals surface area contributed by atoms with E-state index in [9.17, 15) is 10.1 Å². The lowest BCUT2D eigenvalue weighted by Crippen LogP contribution is -2.13. The van der Waals surface area contributed by atoms with Crippen LogP contribution >= 0.6 is 0 Å². The van der Waals surface area contributed by atoms with Crippen molar-refractivity contribution < 1.29 is 14.3 Å². The lowest BCUT2D eigenvalue weighted by Gasteiger charge is -2.12. The van der Waals surface area contributed by atoms with E-state index < -0.39 is 4.92 Å². The van der Waals surface area contributed by atoms with Gasteiger partial charge in [-0.15, -0.1) is 0 Å². The number of ether oxygens (including phenoxy) is 1. The van der Waals surface area contributed by atoms with Gasteiger partial charge < -0.3 is 26.0 Å². The lowest BCUT2D eigenvalue weighted by atomic mass is 10.2. The zero-order chi connectivity index (χ0) is 28.9. The summed E-state index contributed by atoms with van der Waals surface area (Å²) in [4.78, 5) is 24.2. The van der Waals surface area contributed by atoms with E-state index in [0.717, 1.165) is 62.9 Å². The van der Waals surface area contributed by atoms with Gasteiger partial charge in [-0.2, -0.15) is 15.0 Å². The summed E-state index contributed by atoms with van der Waals surface area (Å²) >= 11 is 0. The predicted molar refractivity (Wildman–Crippen MR) is 157 cm³/mol. The van der Waals surface area contributed by atoms with Crippen molar-refractivity contribution in [1.29, 1.82) is 0 Å². The quantitative estimate of drug-likeness (QED) is 0.0701. The molecule has 4 aromatic rings. The smallest absolute Gasteiger partial charge is 0.300 e. The Morgan fingerprint density at radius 2 is 1.39 bits per heavy atom. The average Bonchev–Trinajstić information content (AvgIpc) is 3.48. The number of nitrogens with one attached hydrogen (secondary N) is 4. The monoisotopic (exact) mass is 564 g/mol. The average molecular weight is 565 g/mol. The highest BCUT2D eigenvalue weighted by molar-refractivity contribution is 5.93. The predicted octanol–water partition coefficient (Wildman–Crippen LogP) is 5.23. The standard InChI is InChI=1S/C27H36N10O4/c1-3-4-15-29-25-32-26(34-27(33-25)31-18-19-9-11-20(40-2)12-10-19)30-17-8-6-5-7-16-28-21-13-14-22(37(38)39)24-23(21)35-41-36-24/h9-14,28H,3-8,15-18H2,1-2H3,(H3,29,30,31,32,33,34). The van der Waals surface area contributed by atoms with Gasteiger partial charge in [0.1, 0.15) is 5.75 Å². The van der Waals surface area contributed by atoms with Gasteiger partial charge in [-0.1, -0.05) is 38.3 Å². The maximum atomic E-state index is 11.1. The molecule has 4 N–H and O–H groups in total. The third-order valence-electron chi connectivity index (χ3n) is 6.35. The second-order valence-corrected chi connectivity index (χ2v) is 9.41. The first kappa shape index (κ1) is 29.2. The van der Waals surface area contributed by atoms with E-state index >= 15 is 0 Å². The molecule has 2 aromatic heterocycles. The number of benzene rings is 2. The molecule has 0 saturated heterocycles. The summed E-state index contributed by atoms with van der Waals surface area (Å²) in [6, 6.07) is 10.9. The largest absolute Gasteiger partial charge is 0.497 e. The number of nitro groups is 1. The Bertz CT molecular complexity index is 1400. The number of hydrogen-bond acceptors (Lipinski definition) is 13. The molecule has 0 aliphatic carbocycles. The molecule has 0 amide bonds. The van der Waals surface area contributed by atoms with Crippen LogP contribution in [0.15, 0.2) is 41.0 Å². The molecule has 0 bridgehead atoms. The van der Waals surface area contributed by atoms with Crippen molar-refractivity contribution in [3.05, 3.63) is 52.1 Å². The van der Waals surface area contributed by atoms with Crippen molar-refractivity contribution in [2.24, 2.45) is 0 Å². The van der Waals surface area contributed by atoms with E-state index in [4.69, 9.17) is 9.37 Å². The van der Waals surface area contributed by atoms with Crippen molar-refractivity contribution >= 4 is 40.3 Å². The summed E-state index contributed by atoms with van der Waals surface area (Å²) in [5.41, 5.74) is 2.14. The number of fused-ring (bicyclic) bond motifs is 1. The van der Waals surface area contributed by atoms with E-state index in [2.05, 4.69) is 53.5 Å². The van der Waals surface area contributed by atoms with Crippen molar-refractivity contribution in [3.8, 4) is 5.75 Å². The Morgan fingerprint density at radius 1 is 0.780 bits per heavy atom. The third kappa shape index (κ3) is 8.62. The maximum Gasteiger partial charge on any atom is 0.300 e. The van der Waals surface area contributed by atoms with Gasteiger partial charge in [0, 0.05) is 32.2 Å². The molecule has 0 fully saturated rings. The van der Waals surface area contributed by atoms with Crippen molar-refractivity contribution in [2.75, 3.05) is 48.0 Å². The van der Waals surface area contributed by atoms with Crippen LogP contribution in [0.1, 0.15) is 51.0 Å². The first-order chi connectivity index (χ1) is 20.1.